The molecule has 3 atom stereocenters. The van der Waals surface area contributed by atoms with E-state index in [0.29, 0.717) is 18.4 Å². The van der Waals surface area contributed by atoms with Crippen molar-refractivity contribution in [1.82, 2.24) is 4.90 Å². The standard InChI is InChI=1S/C19H29NO3/c1-14-6-7-15(12-18(14)22)9-11-23-19-5-3-2-4-17(19)20-10-8-16(21)13-20/h6-7,12,16-17,19,21-22H,2-5,8-11,13H2,1H3/t16-,17-,19-/m1/s1. The molecule has 1 aromatic rings. The number of nitrogens with zero attached hydrogens (tertiary/aromatic N) is 1. The molecule has 1 saturated heterocycles. The van der Waals surface area contributed by atoms with Crippen molar-refractivity contribution in [3.05, 3.63) is 29.3 Å². The van der Waals surface area contributed by atoms with Gasteiger partial charge in [-0.2, -0.15) is 0 Å². The minimum Gasteiger partial charge on any atom is -0.508 e. The summed E-state index contributed by atoms with van der Waals surface area (Å²) in [7, 11) is 0. The zero-order valence-corrected chi connectivity index (χ0v) is 14.1. The first-order chi connectivity index (χ1) is 11.1. The van der Waals surface area contributed by atoms with Crippen LogP contribution < -0.4 is 0 Å². The molecule has 4 nitrogen and oxygen atoms in total. The molecule has 3 rings (SSSR count). The number of likely N-dealkylation sites (tertiary alicyclic amines) is 1. The first-order valence-electron chi connectivity index (χ1n) is 8.95. The summed E-state index contributed by atoms with van der Waals surface area (Å²) in [5, 5.41) is 19.6. The maximum Gasteiger partial charge on any atom is 0.118 e. The fourth-order valence-electron chi connectivity index (χ4n) is 3.90. The number of aliphatic hydroxyl groups excluding tert-OH is 1. The van der Waals surface area contributed by atoms with Crippen LogP contribution in [0.3, 0.4) is 0 Å². The van der Waals surface area contributed by atoms with Crippen LogP contribution in [0, 0.1) is 6.92 Å². The van der Waals surface area contributed by atoms with Crippen LogP contribution in [0.25, 0.3) is 0 Å². The van der Waals surface area contributed by atoms with Crippen LogP contribution in [0.15, 0.2) is 18.2 Å². The maximum absolute atomic E-state index is 9.79. The van der Waals surface area contributed by atoms with E-state index in [-0.39, 0.29) is 12.2 Å². The molecule has 2 aliphatic rings. The van der Waals surface area contributed by atoms with E-state index in [1.54, 1.807) is 0 Å². The molecule has 1 heterocycles. The number of ether oxygens (including phenoxy) is 1. The normalized spacial score (nSPS) is 29.0. The minimum absolute atomic E-state index is 0.159. The van der Waals surface area contributed by atoms with Crippen molar-refractivity contribution in [3.8, 4) is 5.75 Å². The number of aromatic hydroxyl groups is 1. The number of rotatable bonds is 5. The highest BCUT2D eigenvalue weighted by Gasteiger charge is 2.34. The summed E-state index contributed by atoms with van der Waals surface area (Å²) in [4.78, 5) is 2.42. The van der Waals surface area contributed by atoms with E-state index in [1.165, 1.54) is 19.3 Å². The van der Waals surface area contributed by atoms with Crippen LogP contribution in [0.1, 0.15) is 43.2 Å². The lowest BCUT2D eigenvalue weighted by Crippen LogP contribution is -2.46. The number of phenols is 1. The predicted molar refractivity (Wildman–Crippen MR) is 90.7 cm³/mol. The van der Waals surface area contributed by atoms with E-state index < -0.39 is 0 Å². The van der Waals surface area contributed by atoms with Gasteiger partial charge in [-0.1, -0.05) is 25.0 Å². The van der Waals surface area contributed by atoms with E-state index in [9.17, 15) is 10.2 Å². The molecule has 4 heteroatoms. The fourth-order valence-corrected chi connectivity index (χ4v) is 3.90. The second kappa shape index (κ2) is 7.65. The van der Waals surface area contributed by atoms with Gasteiger partial charge < -0.3 is 14.9 Å². The molecule has 0 amide bonds. The smallest absolute Gasteiger partial charge is 0.118 e. The lowest BCUT2D eigenvalue weighted by atomic mass is 9.91. The number of hydrogen-bond acceptors (Lipinski definition) is 4. The van der Waals surface area contributed by atoms with Gasteiger partial charge in [0.15, 0.2) is 0 Å². The number of benzene rings is 1. The Labute approximate surface area is 139 Å². The van der Waals surface area contributed by atoms with Crippen LogP contribution in [0.4, 0.5) is 0 Å². The van der Waals surface area contributed by atoms with Gasteiger partial charge in [0.05, 0.1) is 18.8 Å². The molecule has 1 aliphatic carbocycles. The minimum atomic E-state index is -0.159. The first kappa shape index (κ1) is 16.7. The average molecular weight is 319 g/mol. The third-order valence-corrected chi connectivity index (χ3v) is 5.33. The number of aryl methyl sites for hydroxylation is 1. The van der Waals surface area contributed by atoms with Gasteiger partial charge >= 0.3 is 0 Å². The summed E-state index contributed by atoms with van der Waals surface area (Å²) in [5.41, 5.74) is 2.03. The molecule has 0 spiro atoms. The van der Waals surface area contributed by atoms with Crippen molar-refractivity contribution in [2.45, 2.75) is 63.7 Å². The highest BCUT2D eigenvalue weighted by molar-refractivity contribution is 5.35. The molecule has 23 heavy (non-hydrogen) atoms. The van der Waals surface area contributed by atoms with Crippen LogP contribution in [0.5, 0.6) is 5.75 Å². The molecule has 1 aliphatic heterocycles. The fraction of sp³-hybridized carbons (Fsp3) is 0.684. The SMILES string of the molecule is Cc1ccc(CCO[C@@H]2CCCC[C@H]2N2CC[C@@H](O)C2)cc1O. The van der Waals surface area contributed by atoms with E-state index in [2.05, 4.69) is 11.0 Å². The van der Waals surface area contributed by atoms with Gasteiger partial charge in [-0.15, -0.1) is 0 Å². The lowest BCUT2D eigenvalue weighted by molar-refractivity contribution is -0.0316. The Balaban J connectivity index is 1.52. The van der Waals surface area contributed by atoms with Crippen molar-refractivity contribution in [1.29, 1.82) is 0 Å². The van der Waals surface area contributed by atoms with E-state index in [0.717, 1.165) is 43.5 Å². The summed E-state index contributed by atoms with van der Waals surface area (Å²) in [6, 6.07) is 6.33. The van der Waals surface area contributed by atoms with E-state index in [1.807, 2.05) is 19.1 Å². The van der Waals surface area contributed by atoms with Gasteiger partial charge in [-0.05, 0) is 49.8 Å². The molecule has 2 fully saturated rings. The molecule has 128 valence electrons. The van der Waals surface area contributed by atoms with Crippen LogP contribution >= 0.6 is 0 Å². The Morgan fingerprint density at radius 2 is 2.04 bits per heavy atom. The predicted octanol–water partition coefficient (Wildman–Crippen LogP) is 2.64. The molecular weight excluding hydrogens is 290 g/mol. The summed E-state index contributed by atoms with van der Waals surface area (Å²) < 4.78 is 6.21. The van der Waals surface area contributed by atoms with Gasteiger partial charge in [0, 0.05) is 19.1 Å². The van der Waals surface area contributed by atoms with Crippen molar-refractivity contribution in [3.63, 3.8) is 0 Å². The monoisotopic (exact) mass is 319 g/mol. The van der Waals surface area contributed by atoms with Gasteiger partial charge in [0.1, 0.15) is 5.75 Å². The van der Waals surface area contributed by atoms with Crippen molar-refractivity contribution >= 4 is 0 Å². The van der Waals surface area contributed by atoms with Gasteiger partial charge in [0.25, 0.3) is 0 Å². The van der Waals surface area contributed by atoms with Gasteiger partial charge in [-0.25, -0.2) is 0 Å². The highest BCUT2D eigenvalue weighted by Crippen LogP contribution is 2.28. The highest BCUT2D eigenvalue weighted by atomic mass is 16.5. The van der Waals surface area contributed by atoms with E-state index in [4.69, 9.17) is 4.74 Å². The summed E-state index contributed by atoms with van der Waals surface area (Å²) in [5.74, 6) is 0.365. The topological polar surface area (TPSA) is 52.9 Å². The summed E-state index contributed by atoms with van der Waals surface area (Å²) in [6.07, 6.45) is 6.66. The lowest BCUT2D eigenvalue weighted by Gasteiger charge is -2.37. The number of β-amino-alcohol motifs (C(OH)–C–C–N with tert-alkyl or cyclic N) is 1. The number of hydrogen-bond donors (Lipinski definition) is 2. The molecule has 2 N–H and O–H groups in total. The maximum atomic E-state index is 9.79. The average Bonchev–Trinajstić information content (AvgIpc) is 2.98. The third kappa shape index (κ3) is 4.25. The largest absolute Gasteiger partial charge is 0.508 e. The van der Waals surface area contributed by atoms with Crippen LogP contribution in [-0.4, -0.2) is 53.1 Å². The summed E-state index contributed by atoms with van der Waals surface area (Å²) in [6.45, 7) is 4.40. The van der Waals surface area contributed by atoms with Crippen LogP contribution in [-0.2, 0) is 11.2 Å². The van der Waals surface area contributed by atoms with Crippen molar-refractivity contribution in [2.75, 3.05) is 19.7 Å². The molecule has 0 unspecified atom stereocenters. The van der Waals surface area contributed by atoms with Gasteiger partial charge in [0.2, 0.25) is 0 Å². The Morgan fingerprint density at radius 1 is 1.22 bits per heavy atom. The first-order valence-corrected chi connectivity index (χ1v) is 8.95. The van der Waals surface area contributed by atoms with Crippen LogP contribution in [0.2, 0.25) is 0 Å². The number of phenolic OH excluding ortho intramolecular Hbond substituents is 1. The zero-order chi connectivity index (χ0) is 16.2. The summed E-state index contributed by atoms with van der Waals surface area (Å²) >= 11 is 0. The molecule has 0 aromatic heterocycles. The second-order valence-corrected chi connectivity index (χ2v) is 7.07. The second-order valence-electron chi connectivity index (χ2n) is 7.07. The number of aliphatic hydroxyl groups is 1. The third-order valence-electron chi connectivity index (χ3n) is 5.33. The molecule has 0 radical (unpaired) electrons. The zero-order valence-electron chi connectivity index (χ0n) is 14.1. The Kier molecular flexibility index (Phi) is 5.57. The molecule has 1 saturated carbocycles. The Hall–Kier alpha value is -1.10. The quantitative estimate of drug-likeness (QED) is 0.876. The van der Waals surface area contributed by atoms with Crippen molar-refractivity contribution in [2.24, 2.45) is 0 Å². The Morgan fingerprint density at radius 3 is 2.78 bits per heavy atom. The molecule has 0 bridgehead atoms. The van der Waals surface area contributed by atoms with Gasteiger partial charge in [-0.3, -0.25) is 4.90 Å². The Bertz CT molecular complexity index is 519. The van der Waals surface area contributed by atoms with E-state index >= 15 is 0 Å². The molecular formula is C19H29NO3. The van der Waals surface area contributed by atoms with Crippen molar-refractivity contribution < 1.29 is 14.9 Å². The molecule has 1 aromatic carbocycles.